The topological polar surface area (TPSA) is 92.5 Å². The van der Waals surface area contributed by atoms with Gasteiger partial charge >= 0.3 is 0 Å². The van der Waals surface area contributed by atoms with Crippen LogP contribution in [-0.2, 0) is 10.0 Å². The van der Waals surface area contributed by atoms with Gasteiger partial charge < -0.3 is 9.73 Å². The van der Waals surface area contributed by atoms with Gasteiger partial charge in [-0.15, -0.1) is 0 Å². The highest BCUT2D eigenvalue weighted by atomic mass is 32.2. The highest BCUT2D eigenvalue weighted by Gasteiger charge is 2.26. The molecule has 7 nitrogen and oxygen atoms in total. The summed E-state index contributed by atoms with van der Waals surface area (Å²) in [5.74, 6) is -0.299. The summed E-state index contributed by atoms with van der Waals surface area (Å²) < 4.78 is 44.2. The van der Waals surface area contributed by atoms with Gasteiger partial charge in [-0.1, -0.05) is 12.2 Å². The lowest BCUT2D eigenvalue weighted by atomic mass is 10.0. The first-order valence-corrected chi connectivity index (χ1v) is 10.3. The Morgan fingerprint density at radius 2 is 2.07 bits per heavy atom. The Kier molecular flexibility index (Phi) is 5.12. The molecule has 0 aromatic carbocycles. The highest BCUT2D eigenvalue weighted by Crippen LogP contribution is 2.35. The van der Waals surface area contributed by atoms with Gasteiger partial charge in [0, 0.05) is 14.1 Å². The van der Waals surface area contributed by atoms with E-state index in [2.05, 4.69) is 10.3 Å². The Hall–Kier alpha value is -2.94. The van der Waals surface area contributed by atoms with Crippen molar-refractivity contribution in [2.75, 3.05) is 24.7 Å². The summed E-state index contributed by atoms with van der Waals surface area (Å²) in [6.45, 7) is 1.70. The number of aromatic nitrogens is 1. The first kappa shape index (κ1) is 19.8. The fraction of sp³-hybridized carbons (Fsp3) is 0.263. The van der Waals surface area contributed by atoms with Crippen molar-refractivity contribution >= 4 is 38.4 Å². The molecule has 28 heavy (non-hydrogen) atoms. The number of allylic oxidation sites excluding steroid dienone is 6. The summed E-state index contributed by atoms with van der Waals surface area (Å²) in [6, 6.07) is 1.67. The van der Waals surface area contributed by atoms with Crippen LogP contribution in [-0.4, -0.2) is 39.7 Å². The molecule has 2 aromatic rings. The number of amides is 1. The number of sulfonamides is 1. The minimum Gasteiger partial charge on any atom is -0.437 e. The second-order valence-corrected chi connectivity index (χ2v) is 8.46. The van der Waals surface area contributed by atoms with Gasteiger partial charge in [-0.05, 0) is 42.7 Å². The average Bonchev–Trinajstić information content (AvgIpc) is 2.85. The fourth-order valence-corrected chi connectivity index (χ4v) is 3.44. The maximum atomic E-state index is 13.5. The molecular weight excluding hydrogens is 385 g/mol. The predicted octanol–water partition coefficient (Wildman–Crippen LogP) is 3.09. The monoisotopic (exact) mass is 405 g/mol. The maximum absolute atomic E-state index is 13.5. The number of fused-ring (bicyclic) bond motifs is 1. The number of nitrogens with one attached hydrogen (secondary N) is 1. The van der Waals surface area contributed by atoms with Gasteiger partial charge in [0.15, 0.2) is 0 Å². The molecule has 0 bridgehead atoms. The molecule has 0 aliphatic heterocycles. The molecule has 1 aliphatic rings. The highest BCUT2D eigenvalue weighted by molar-refractivity contribution is 7.92. The number of hydrogen-bond donors (Lipinski definition) is 1. The minimum absolute atomic E-state index is 0.128. The molecule has 0 spiro atoms. The van der Waals surface area contributed by atoms with E-state index < -0.39 is 15.9 Å². The summed E-state index contributed by atoms with van der Waals surface area (Å²) >= 11 is 0. The van der Waals surface area contributed by atoms with E-state index in [0.717, 1.165) is 10.6 Å². The van der Waals surface area contributed by atoms with E-state index in [0.29, 0.717) is 22.9 Å². The number of aryl methyl sites for hydroxylation is 1. The number of anilines is 1. The van der Waals surface area contributed by atoms with Gasteiger partial charge in [-0.3, -0.25) is 9.10 Å². The Morgan fingerprint density at radius 1 is 1.36 bits per heavy atom. The number of nitrogens with zero attached hydrogens (tertiary/aromatic N) is 2. The minimum atomic E-state index is -3.52. The number of halogens is 1. The zero-order chi connectivity index (χ0) is 20.6. The van der Waals surface area contributed by atoms with Crippen LogP contribution >= 0.6 is 0 Å². The van der Waals surface area contributed by atoms with Gasteiger partial charge in [0.25, 0.3) is 5.91 Å². The number of carbonyl (C=O) groups excluding carboxylic acids is 1. The van der Waals surface area contributed by atoms with Crippen molar-refractivity contribution in [3.8, 4) is 0 Å². The third-order valence-electron chi connectivity index (χ3n) is 4.45. The van der Waals surface area contributed by atoms with Gasteiger partial charge in [-0.2, -0.15) is 4.98 Å². The predicted molar refractivity (Wildman–Crippen MR) is 106 cm³/mol. The van der Waals surface area contributed by atoms with Crippen LogP contribution in [0.3, 0.4) is 0 Å². The van der Waals surface area contributed by atoms with Crippen molar-refractivity contribution in [2.24, 2.45) is 0 Å². The van der Waals surface area contributed by atoms with Crippen LogP contribution in [0.5, 0.6) is 0 Å². The van der Waals surface area contributed by atoms with Crippen molar-refractivity contribution in [1.82, 2.24) is 10.3 Å². The lowest BCUT2D eigenvalue weighted by Crippen LogP contribution is -2.26. The molecule has 2 heterocycles. The van der Waals surface area contributed by atoms with Crippen molar-refractivity contribution in [2.45, 2.75) is 13.3 Å². The van der Waals surface area contributed by atoms with Crippen molar-refractivity contribution in [3.63, 3.8) is 0 Å². The van der Waals surface area contributed by atoms with Crippen molar-refractivity contribution < 1.29 is 22.0 Å². The molecule has 9 heteroatoms. The number of hydrogen-bond acceptors (Lipinski definition) is 5. The molecule has 0 saturated carbocycles. The van der Waals surface area contributed by atoms with E-state index in [-0.39, 0.29) is 28.8 Å². The van der Waals surface area contributed by atoms with Gasteiger partial charge in [0.05, 0.1) is 17.2 Å². The quantitative estimate of drug-likeness (QED) is 0.844. The molecule has 0 fully saturated rings. The van der Waals surface area contributed by atoms with Gasteiger partial charge in [0.2, 0.25) is 15.7 Å². The normalized spacial score (nSPS) is 14.5. The molecule has 3 rings (SSSR count). The Morgan fingerprint density at radius 3 is 2.71 bits per heavy atom. The molecule has 0 atom stereocenters. The first-order valence-electron chi connectivity index (χ1n) is 8.47. The van der Waals surface area contributed by atoms with E-state index in [1.165, 1.54) is 26.2 Å². The third kappa shape index (κ3) is 3.57. The standard InChI is InChI=1S/C19H20FN3O4S/c1-11-10-14-15(18(24)21-2)16(12-6-5-7-13(20)9-8-12)27-19(14)22-17(11)23(3)28(4,25)26/h5,7-10H,6H2,1-4H3,(H,21,24). The molecule has 0 radical (unpaired) electrons. The summed E-state index contributed by atoms with van der Waals surface area (Å²) in [4.78, 5) is 16.9. The second-order valence-electron chi connectivity index (χ2n) is 6.45. The zero-order valence-corrected chi connectivity index (χ0v) is 16.7. The van der Waals surface area contributed by atoms with Crippen LogP contribution in [0.15, 0.2) is 40.6 Å². The fourth-order valence-electron chi connectivity index (χ4n) is 2.94. The van der Waals surface area contributed by atoms with Crippen LogP contribution in [0.25, 0.3) is 16.7 Å². The van der Waals surface area contributed by atoms with Crippen LogP contribution in [0, 0.1) is 6.92 Å². The number of carbonyl (C=O) groups is 1. The average molecular weight is 405 g/mol. The number of furan rings is 1. The molecule has 2 aromatic heterocycles. The summed E-state index contributed by atoms with van der Waals surface area (Å²) in [5.41, 5.74) is 1.58. The molecule has 148 valence electrons. The van der Waals surface area contributed by atoms with Crippen LogP contribution in [0.1, 0.15) is 28.1 Å². The Labute approximate surface area is 162 Å². The lowest BCUT2D eigenvalue weighted by Gasteiger charge is -2.17. The van der Waals surface area contributed by atoms with E-state index in [1.54, 1.807) is 25.1 Å². The Balaban J connectivity index is 2.28. The van der Waals surface area contributed by atoms with Crippen molar-refractivity contribution in [3.05, 3.63) is 53.1 Å². The van der Waals surface area contributed by atoms with Crippen LogP contribution < -0.4 is 9.62 Å². The summed E-state index contributed by atoms with van der Waals surface area (Å²) in [5, 5.41) is 3.03. The maximum Gasteiger partial charge on any atom is 0.255 e. The second kappa shape index (κ2) is 7.23. The van der Waals surface area contributed by atoms with Crippen LogP contribution in [0.4, 0.5) is 10.2 Å². The lowest BCUT2D eigenvalue weighted by molar-refractivity contribution is 0.0963. The Bertz CT molecular complexity index is 1160. The van der Waals surface area contributed by atoms with E-state index in [9.17, 15) is 17.6 Å². The molecule has 1 N–H and O–H groups in total. The summed E-state index contributed by atoms with van der Waals surface area (Å²) in [7, 11) is -0.630. The molecule has 1 aliphatic carbocycles. The summed E-state index contributed by atoms with van der Waals surface area (Å²) in [6.07, 6.45) is 7.26. The molecule has 0 saturated heterocycles. The van der Waals surface area contributed by atoms with E-state index in [4.69, 9.17) is 4.42 Å². The van der Waals surface area contributed by atoms with Crippen LogP contribution in [0.2, 0.25) is 0 Å². The van der Waals surface area contributed by atoms with Gasteiger partial charge in [-0.25, -0.2) is 12.8 Å². The third-order valence-corrected chi connectivity index (χ3v) is 5.61. The number of pyridine rings is 1. The molecule has 1 amide bonds. The SMILES string of the molecule is CNC(=O)c1c(C2=CC=C(F)C=CC2)oc2nc(N(C)S(C)(=O)=O)c(C)cc12. The largest absolute Gasteiger partial charge is 0.437 e. The molecular formula is C19H20FN3O4S. The van der Waals surface area contributed by atoms with Crippen molar-refractivity contribution in [1.29, 1.82) is 0 Å². The first-order chi connectivity index (χ1) is 13.1. The molecule has 0 unspecified atom stereocenters. The van der Waals surface area contributed by atoms with E-state index in [1.807, 2.05) is 0 Å². The van der Waals surface area contributed by atoms with Gasteiger partial charge in [0.1, 0.15) is 17.4 Å². The van der Waals surface area contributed by atoms with E-state index >= 15 is 0 Å². The smallest absolute Gasteiger partial charge is 0.255 e. The number of rotatable bonds is 4. The zero-order valence-electron chi connectivity index (χ0n) is 15.9.